The lowest BCUT2D eigenvalue weighted by atomic mass is 9.87. The number of carbonyl (C=O) groups is 1. The van der Waals surface area contributed by atoms with Crippen molar-refractivity contribution in [2.24, 2.45) is 0 Å². The van der Waals surface area contributed by atoms with Crippen LogP contribution in [0.15, 0.2) is 65.5 Å². The highest BCUT2D eigenvalue weighted by Gasteiger charge is 2.15. The Labute approximate surface area is 236 Å². The molecule has 2 aromatic heterocycles. The summed E-state index contributed by atoms with van der Waals surface area (Å²) in [6.07, 6.45) is 2.61. The molecule has 0 bridgehead atoms. The van der Waals surface area contributed by atoms with Crippen molar-refractivity contribution in [2.75, 3.05) is 7.11 Å². The summed E-state index contributed by atoms with van der Waals surface area (Å²) in [6.45, 7) is 11.2. The first-order valence-corrected chi connectivity index (χ1v) is 14.0. The van der Waals surface area contributed by atoms with Gasteiger partial charge in [-0.25, -0.2) is 9.48 Å². The van der Waals surface area contributed by atoms with E-state index in [1.807, 2.05) is 43.3 Å². The lowest BCUT2D eigenvalue weighted by molar-refractivity contribution is -0.116. The Balaban J connectivity index is 1.45. The second-order valence-electron chi connectivity index (χ2n) is 11.3. The van der Waals surface area contributed by atoms with Crippen LogP contribution in [-0.2, 0) is 42.6 Å². The SMILES string of the molecule is CCn1c(CCCc2cccc(-c3ccc(OC)c(CC(C)=O)c3)n2)nn(Cc2ccc(C(C)(C)C)cc2)c1=O. The summed E-state index contributed by atoms with van der Waals surface area (Å²) in [7, 11) is 1.61. The number of pyridine rings is 1. The Morgan fingerprint density at radius 3 is 2.40 bits per heavy atom. The fraction of sp³-hybridized carbons (Fsp3) is 0.394. The number of aryl methyl sites for hydroxylation is 2. The predicted molar refractivity (Wildman–Crippen MR) is 159 cm³/mol. The smallest absolute Gasteiger partial charge is 0.346 e. The number of methoxy groups -OCH3 is 1. The number of Topliss-reactive ketones (excluding diaryl/α,β-unsaturated/α-hetero) is 1. The number of rotatable bonds is 11. The number of benzene rings is 2. The first-order chi connectivity index (χ1) is 19.1. The zero-order valence-electron chi connectivity index (χ0n) is 24.5. The second kappa shape index (κ2) is 12.5. The van der Waals surface area contributed by atoms with Crippen molar-refractivity contribution in [1.29, 1.82) is 0 Å². The Kier molecular flexibility index (Phi) is 9.03. The average Bonchev–Trinajstić information content (AvgIpc) is 3.21. The van der Waals surface area contributed by atoms with Gasteiger partial charge in [0.25, 0.3) is 0 Å². The van der Waals surface area contributed by atoms with E-state index in [1.165, 1.54) is 5.56 Å². The summed E-state index contributed by atoms with van der Waals surface area (Å²) < 4.78 is 8.77. The van der Waals surface area contributed by atoms with E-state index in [-0.39, 0.29) is 16.9 Å². The number of carbonyl (C=O) groups excluding carboxylic acids is 1. The van der Waals surface area contributed by atoms with Crippen LogP contribution in [0.3, 0.4) is 0 Å². The van der Waals surface area contributed by atoms with Crippen LogP contribution in [0.5, 0.6) is 5.75 Å². The summed E-state index contributed by atoms with van der Waals surface area (Å²) in [4.78, 5) is 29.6. The van der Waals surface area contributed by atoms with E-state index < -0.39 is 0 Å². The van der Waals surface area contributed by atoms with Crippen molar-refractivity contribution >= 4 is 5.78 Å². The van der Waals surface area contributed by atoms with Crippen LogP contribution < -0.4 is 10.4 Å². The van der Waals surface area contributed by atoms with E-state index in [1.54, 1.807) is 23.3 Å². The summed E-state index contributed by atoms with van der Waals surface area (Å²) in [6, 6.07) is 20.3. The van der Waals surface area contributed by atoms with Crippen LogP contribution in [0, 0.1) is 0 Å². The Hall–Kier alpha value is -4.00. The average molecular weight is 541 g/mol. The van der Waals surface area contributed by atoms with Crippen molar-refractivity contribution in [2.45, 2.75) is 78.8 Å². The number of ketones is 1. The van der Waals surface area contributed by atoms with Gasteiger partial charge in [0.1, 0.15) is 17.4 Å². The molecule has 0 amide bonds. The molecule has 2 heterocycles. The molecule has 0 unspecified atom stereocenters. The zero-order valence-corrected chi connectivity index (χ0v) is 24.5. The Morgan fingerprint density at radius 1 is 1.00 bits per heavy atom. The van der Waals surface area contributed by atoms with Gasteiger partial charge in [0, 0.05) is 36.2 Å². The maximum absolute atomic E-state index is 13.0. The molecule has 0 saturated heterocycles. The van der Waals surface area contributed by atoms with Gasteiger partial charge in [0.15, 0.2) is 0 Å². The summed E-state index contributed by atoms with van der Waals surface area (Å²) in [5, 5.41) is 4.70. The van der Waals surface area contributed by atoms with Crippen LogP contribution >= 0.6 is 0 Å². The Bertz CT molecular complexity index is 1520. The summed E-state index contributed by atoms with van der Waals surface area (Å²) in [5.41, 5.74) is 6.00. The number of ether oxygens (including phenoxy) is 1. The molecule has 7 nitrogen and oxygen atoms in total. The molecule has 0 saturated carbocycles. The van der Waals surface area contributed by atoms with Crippen LogP contribution in [0.25, 0.3) is 11.3 Å². The van der Waals surface area contributed by atoms with Gasteiger partial charge in [-0.15, -0.1) is 0 Å². The fourth-order valence-corrected chi connectivity index (χ4v) is 4.93. The fourth-order valence-electron chi connectivity index (χ4n) is 4.93. The van der Waals surface area contributed by atoms with Crippen molar-refractivity contribution in [3.05, 3.63) is 99.4 Å². The van der Waals surface area contributed by atoms with Gasteiger partial charge in [0.2, 0.25) is 0 Å². The molecule has 0 aliphatic carbocycles. The molecular formula is C33H40N4O3. The van der Waals surface area contributed by atoms with Gasteiger partial charge in [0.05, 0.1) is 19.3 Å². The molecule has 2 aromatic carbocycles. The first kappa shape index (κ1) is 29.0. The highest BCUT2D eigenvalue weighted by molar-refractivity contribution is 5.79. The van der Waals surface area contributed by atoms with E-state index in [2.05, 4.69) is 45.0 Å². The van der Waals surface area contributed by atoms with Gasteiger partial charge in [-0.1, -0.05) is 51.1 Å². The summed E-state index contributed by atoms with van der Waals surface area (Å²) >= 11 is 0. The zero-order chi connectivity index (χ0) is 28.9. The maximum Gasteiger partial charge on any atom is 0.346 e. The molecule has 0 atom stereocenters. The predicted octanol–water partition coefficient (Wildman–Crippen LogP) is 5.79. The van der Waals surface area contributed by atoms with E-state index in [4.69, 9.17) is 14.8 Å². The van der Waals surface area contributed by atoms with Crippen molar-refractivity contribution < 1.29 is 9.53 Å². The van der Waals surface area contributed by atoms with Crippen molar-refractivity contribution in [3.8, 4) is 17.0 Å². The molecule has 0 aliphatic rings. The van der Waals surface area contributed by atoms with E-state index in [0.29, 0.717) is 31.7 Å². The normalized spacial score (nSPS) is 11.6. The highest BCUT2D eigenvalue weighted by atomic mass is 16.5. The molecule has 7 heteroatoms. The number of hydrogen-bond donors (Lipinski definition) is 0. The first-order valence-electron chi connectivity index (χ1n) is 14.0. The summed E-state index contributed by atoms with van der Waals surface area (Å²) in [5.74, 6) is 1.60. The minimum atomic E-state index is -0.0709. The van der Waals surface area contributed by atoms with E-state index >= 15 is 0 Å². The van der Waals surface area contributed by atoms with E-state index in [0.717, 1.165) is 46.7 Å². The van der Waals surface area contributed by atoms with Gasteiger partial charge >= 0.3 is 5.69 Å². The van der Waals surface area contributed by atoms with Crippen LogP contribution in [0.4, 0.5) is 0 Å². The molecule has 0 fully saturated rings. The van der Waals surface area contributed by atoms with Gasteiger partial charge in [-0.2, -0.15) is 5.10 Å². The number of hydrogen-bond acceptors (Lipinski definition) is 5. The van der Waals surface area contributed by atoms with Gasteiger partial charge in [-0.3, -0.25) is 14.3 Å². The molecule has 0 aliphatic heterocycles. The van der Waals surface area contributed by atoms with E-state index in [9.17, 15) is 9.59 Å². The molecule has 0 N–H and O–H groups in total. The Morgan fingerprint density at radius 2 is 1.75 bits per heavy atom. The lowest BCUT2D eigenvalue weighted by Gasteiger charge is -2.19. The third-order valence-electron chi connectivity index (χ3n) is 7.12. The largest absolute Gasteiger partial charge is 0.496 e. The quantitative estimate of drug-likeness (QED) is 0.241. The molecule has 0 spiro atoms. The standard InChI is InChI=1S/C33H40N4O3/c1-7-36-31(35-37(32(36)39)22-24-14-17-27(18-15-24)33(3,4)5)13-9-11-28-10-8-12-29(34-28)25-16-19-30(40-6)26(21-25)20-23(2)38/h8,10,12,14-19,21H,7,9,11,13,20,22H2,1-6H3. The second-order valence-corrected chi connectivity index (χ2v) is 11.3. The number of nitrogens with zero attached hydrogens (tertiary/aromatic N) is 4. The topological polar surface area (TPSA) is 79.0 Å². The van der Waals surface area contributed by atoms with Crippen molar-refractivity contribution in [1.82, 2.24) is 19.3 Å². The van der Waals surface area contributed by atoms with Crippen LogP contribution in [0.2, 0.25) is 0 Å². The van der Waals surface area contributed by atoms with Gasteiger partial charge < -0.3 is 4.74 Å². The molecule has 0 radical (unpaired) electrons. The van der Waals surface area contributed by atoms with Crippen LogP contribution in [-0.4, -0.2) is 32.2 Å². The molecule has 40 heavy (non-hydrogen) atoms. The monoisotopic (exact) mass is 540 g/mol. The van der Waals surface area contributed by atoms with Crippen molar-refractivity contribution in [3.63, 3.8) is 0 Å². The highest BCUT2D eigenvalue weighted by Crippen LogP contribution is 2.27. The van der Waals surface area contributed by atoms with Crippen LogP contribution in [0.1, 0.15) is 69.2 Å². The van der Waals surface area contributed by atoms with Gasteiger partial charge in [-0.05, 0) is 73.6 Å². The molecule has 4 aromatic rings. The lowest BCUT2D eigenvalue weighted by Crippen LogP contribution is -2.25. The molecule has 4 rings (SSSR count). The molecular weight excluding hydrogens is 500 g/mol. The maximum atomic E-state index is 13.0. The minimum absolute atomic E-state index is 0.0709. The molecule has 210 valence electrons. The third kappa shape index (κ3) is 6.95. The third-order valence-corrected chi connectivity index (χ3v) is 7.12. The number of aromatic nitrogens is 4. The minimum Gasteiger partial charge on any atom is -0.496 e.